The number of rotatable bonds is 25. The summed E-state index contributed by atoms with van der Waals surface area (Å²) in [5.41, 5.74) is 0.886. The molecule has 2 rings (SSSR count). The summed E-state index contributed by atoms with van der Waals surface area (Å²) in [7, 11) is 6.29. The van der Waals surface area contributed by atoms with Gasteiger partial charge in [-0.1, -0.05) is 85.2 Å². The molecule has 1 fully saturated rings. The van der Waals surface area contributed by atoms with Crippen LogP contribution in [-0.4, -0.2) is 158 Å². The summed E-state index contributed by atoms with van der Waals surface area (Å²) in [5.74, 6) is -1.73. The normalized spacial score (nSPS) is 18.9. The number of likely N-dealkylation sites (tertiary alicyclic amines) is 1. The molecule has 5 amide bonds. The van der Waals surface area contributed by atoms with Crippen molar-refractivity contribution in [2.24, 2.45) is 23.7 Å². The Morgan fingerprint density at radius 1 is 0.883 bits per heavy atom. The van der Waals surface area contributed by atoms with Crippen LogP contribution in [0.3, 0.4) is 0 Å². The second-order valence-corrected chi connectivity index (χ2v) is 21.8. The molecule has 60 heavy (non-hydrogen) atoms. The quantitative estimate of drug-likeness (QED) is 0.0854. The van der Waals surface area contributed by atoms with Gasteiger partial charge in [0.2, 0.25) is 29.5 Å². The zero-order valence-electron chi connectivity index (χ0n) is 39.2. The number of ether oxygens (including phenoxy) is 2. The predicted molar refractivity (Wildman–Crippen MR) is 241 cm³/mol. The Labute approximate surface area is 362 Å². The molecule has 1 aliphatic heterocycles. The number of likely N-dealkylation sites (N-methyl/N-ethyl adjacent to an activating group) is 2. The van der Waals surface area contributed by atoms with Crippen LogP contribution in [0.2, 0.25) is 0 Å². The first kappa shape index (κ1) is 52.7. The molecule has 3 N–H and O–H groups in total. The Kier molecular flexibility index (Phi) is 21.9. The van der Waals surface area contributed by atoms with E-state index in [-0.39, 0.29) is 60.1 Å². The van der Waals surface area contributed by atoms with E-state index >= 15 is 0 Å². The molecule has 0 bridgehead atoms. The first-order valence-corrected chi connectivity index (χ1v) is 24.6. The minimum atomic E-state index is -2.23. The van der Waals surface area contributed by atoms with Crippen LogP contribution in [0, 0.1) is 23.7 Å². The minimum absolute atomic E-state index is 0.00374. The Morgan fingerprint density at radius 3 is 2.03 bits per heavy atom. The van der Waals surface area contributed by atoms with Gasteiger partial charge in [-0.2, -0.15) is 0 Å². The van der Waals surface area contributed by atoms with Crippen LogP contribution in [0.1, 0.15) is 86.1 Å². The summed E-state index contributed by atoms with van der Waals surface area (Å²) in [4.78, 5) is 74.9. The highest BCUT2D eigenvalue weighted by Crippen LogP contribution is 2.30. The Hall–Kier alpha value is -3.40. The number of nitrogens with zero attached hydrogens (tertiary/aromatic N) is 3. The van der Waals surface area contributed by atoms with Crippen LogP contribution in [0.25, 0.3) is 0 Å². The lowest BCUT2D eigenvalue weighted by molar-refractivity contribution is -0.148. The highest BCUT2D eigenvalue weighted by Gasteiger charge is 2.43. The molecule has 1 aliphatic rings. The summed E-state index contributed by atoms with van der Waals surface area (Å²) >= 11 is 0. The number of thiol groups is 1. The SMILES string of the molecule is CC[C@H](C)C([C@@H](CC(=O)N1CCC[C@H]1[C@H](OC)[C@@H](C)C(=O)N[C@@H](Cc1ccccc1)C(=O)NCCC[SH](C)(C)=O)OC)N(C)C(=O)C(NC(=O)[C@H](C(C)C)N(C)C)C(C)C. The fourth-order valence-electron chi connectivity index (χ4n) is 8.57. The minimum Gasteiger partial charge on any atom is -0.379 e. The predicted octanol–water partition coefficient (Wildman–Crippen LogP) is 3.14. The average Bonchev–Trinajstić information content (AvgIpc) is 3.67. The van der Waals surface area contributed by atoms with Crippen LogP contribution < -0.4 is 16.0 Å². The molecule has 1 saturated heterocycles. The van der Waals surface area contributed by atoms with Gasteiger partial charge in [-0.3, -0.25) is 33.1 Å². The molecule has 1 aromatic carbocycles. The number of carbonyl (C=O) groups is 5. The van der Waals surface area contributed by atoms with Crippen LogP contribution in [0.4, 0.5) is 0 Å². The fraction of sp³-hybridized carbons (Fsp3) is 0.756. The number of amides is 5. The molecule has 1 aromatic rings. The van der Waals surface area contributed by atoms with Gasteiger partial charge >= 0.3 is 0 Å². The summed E-state index contributed by atoms with van der Waals surface area (Å²) in [6.07, 6.45) is 5.04. The number of carbonyl (C=O) groups excluding carboxylic acids is 5. The zero-order valence-corrected chi connectivity index (χ0v) is 40.1. The molecule has 0 aromatic heterocycles. The number of hydrogen-bond acceptors (Lipinski definition) is 9. The number of methoxy groups -OCH3 is 2. The van der Waals surface area contributed by atoms with Crippen molar-refractivity contribution in [2.45, 2.75) is 129 Å². The van der Waals surface area contributed by atoms with Crippen LogP contribution >= 0.6 is 0 Å². The van der Waals surface area contributed by atoms with Gasteiger partial charge in [0.15, 0.2) is 0 Å². The average molecular weight is 865 g/mol. The van der Waals surface area contributed by atoms with Crippen LogP contribution in [-0.2, 0) is 49.8 Å². The standard InChI is InChI=1S/C45H80N6O8S/c1-15-31(6)40(50(10)45(56)38(29(2)3)48-44(55)39(30(4)5)49(8)9)36(58-11)28-37(52)51-25-19-23-35(51)41(59-12)32(7)42(53)47-34(27-33-21-17-16-18-22-33)43(54)46-24-20-26-60(13,14)57/h16-18,21-22,29-32,34-36,38-41,60H,15,19-20,23-28H2,1-14H3,(H,46,54)(H,47,53)(H,48,55)/t31-,32+,34-,35-,36+,38?,39-,40?,41+/m0/s1. The summed E-state index contributed by atoms with van der Waals surface area (Å²) in [6, 6.07) is 6.53. The third-order valence-electron chi connectivity index (χ3n) is 12.0. The largest absolute Gasteiger partial charge is 0.379 e. The van der Waals surface area contributed by atoms with E-state index in [1.807, 2.05) is 90.9 Å². The third kappa shape index (κ3) is 15.5. The molecular weight excluding hydrogens is 785 g/mol. The molecule has 344 valence electrons. The molecule has 0 saturated carbocycles. The molecule has 0 spiro atoms. The van der Waals surface area contributed by atoms with E-state index in [1.54, 1.807) is 43.4 Å². The summed E-state index contributed by atoms with van der Waals surface area (Å²) in [6.45, 7) is 14.4. The molecular formula is C45H80N6O8S. The van der Waals surface area contributed by atoms with Crippen molar-refractivity contribution >= 4 is 39.5 Å². The topological polar surface area (TPSA) is 167 Å². The second kappa shape index (κ2) is 24.9. The monoisotopic (exact) mass is 865 g/mol. The van der Waals surface area contributed by atoms with Crippen molar-refractivity contribution in [2.75, 3.05) is 66.7 Å². The lowest BCUT2D eigenvalue weighted by Gasteiger charge is -2.41. The molecule has 1 heterocycles. The van der Waals surface area contributed by atoms with Gasteiger partial charge in [-0.25, -0.2) is 0 Å². The first-order chi connectivity index (χ1) is 28.1. The van der Waals surface area contributed by atoms with Gasteiger partial charge in [0.25, 0.3) is 0 Å². The maximum Gasteiger partial charge on any atom is 0.245 e. The number of hydrogen-bond donors (Lipinski definition) is 4. The zero-order chi connectivity index (χ0) is 45.5. The van der Waals surface area contributed by atoms with Gasteiger partial charge in [-0.05, 0) is 69.2 Å². The number of nitrogens with one attached hydrogen (secondary N) is 3. The van der Waals surface area contributed by atoms with Crippen molar-refractivity contribution in [3.8, 4) is 0 Å². The second-order valence-electron chi connectivity index (χ2n) is 18.2. The Bertz CT molecular complexity index is 1560. The van der Waals surface area contributed by atoms with Gasteiger partial charge in [-0.15, -0.1) is 9.93 Å². The lowest BCUT2D eigenvalue weighted by Crippen LogP contribution is -2.59. The van der Waals surface area contributed by atoms with E-state index in [1.165, 1.54) is 7.11 Å². The molecule has 0 radical (unpaired) electrons. The maximum absolute atomic E-state index is 14.3. The van der Waals surface area contributed by atoms with E-state index < -0.39 is 58.3 Å². The highest BCUT2D eigenvalue weighted by molar-refractivity contribution is 8.01. The van der Waals surface area contributed by atoms with Crippen molar-refractivity contribution < 1.29 is 37.7 Å². The molecule has 0 aliphatic carbocycles. The number of benzene rings is 1. The molecule has 9 atom stereocenters. The van der Waals surface area contributed by atoms with Crippen LogP contribution in [0.15, 0.2) is 30.3 Å². The highest BCUT2D eigenvalue weighted by atomic mass is 32.2. The fourth-order valence-corrected chi connectivity index (χ4v) is 9.49. The summed E-state index contributed by atoms with van der Waals surface area (Å²) < 4.78 is 24.2. The van der Waals surface area contributed by atoms with Gasteiger partial charge in [0.1, 0.15) is 12.1 Å². The third-order valence-corrected chi connectivity index (χ3v) is 13.4. The van der Waals surface area contributed by atoms with E-state index in [0.29, 0.717) is 31.7 Å². The van der Waals surface area contributed by atoms with E-state index in [9.17, 15) is 28.2 Å². The Morgan fingerprint density at radius 2 is 1.52 bits per heavy atom. The van der Waals surface area contributed by atoms with Crippen molar-refractivity contribution in [3.05, 3.63) is 35.9 Å². The van der Waals surface area contributed by atoms with Crippen molar-refractivity contribution in [1.82, 2.24) is 30.7 Å². The van der Waals surface area contributed by atoms with E-state index in [4.69, 9.17) is 9.47 Å². The smallest absolute Gasteiger partial charge is 0.245 e. The maximum atomic E-state index is 14.3. The van der Waals surface area contributed by atoms with Crippen molar-refractivity contribution in [3.63, 3.8) is 0 Å². The first-order valence-electron chi connectivity index (χ1n) is 21.8. The van der Waals surface area contributed by atoms with Gasteiger partial charge < -0.3 is 35.2 Å². The van der Waals surface area contributed by atoms with E-state index in [2.05, 4.69) is 16.0 Å². The molecule has 15 heteroatoms. The van der Waals surface area contributed by atoms with E-state index in [0.717, 1.165) is 18.4 Å². The lowest BCUT2D eigenvalue weighted by atomic mass is 9.89. The molecule has 14 nitrogen and oxygen atoms in total. The van der Waals surface area contributed by atoms with Gasteiger partial charge in [0, 0.05) is 46.5 Å². The summed E-state index contributed by atoms with van der Waals surface area (Å²) in [5, 5.41) is 8.93. The molecule has 2 unspecified atom stereocenters. The van der Waals surface area contributed by atoms with Crippen LogP contribution in [0.5, 0.6) is 0 Å². The van der Waals surface area contributed by atoms with Gasteiger partial charge in [0.05, 0.1) is 42.7 Å². The van der Waals surface area contributed by atoms with Crippen molar-refractivity contribution in [1.29, 1.82) is 0 Å². The Balaban J connectivity index is 2.29.